The molecule has 3 aliphatic rings. The summed E-state index contributed by atoms with van der Waals surface area (Å²) in [4.78, 5) is 17.1. The predicted molar refractivity (Wildman–Crippen MR) is 175 cm³/mol. The molecule has 9 heteroatoms. The van der Waals surface area contributed by atoms with Gasteiger partial charge in [-0.3, -0.25) is 9.80 Å². The van der Waals surface area contributed by atoms with Crippen molar-refractivity contribution in [1.29, 1.82) is 5.26 Å². The lowest BCUT2D eigenvalue weighted by Gasteiger charge is -2.36. The summed E-state index contributed by atoms with van der Waals surface area (Å²) in [5.41, 5.74) is 3.24. The minimum absolute atomic E-state index is 0.315. The van der Waals surface area contributed by atoms with Crippen LogP contribution in [0.2, 0.25) is 5.02 Å². The molecule has 2 unspecified atom stereocenters. The quantitative estimate of drug-likeness (QED) is 0.357. The molecule has 2 atom stereocenters. The maximum Gasteiger partial charge on any atom is 0.225 e. The predicted octanol–water partition coefficient (Wildman–Crippen LogP) is 5.10. The Balaban J connectivity index is 0.984. The van der Waals surface area contributed by atoms with Crippen LogP contribution in [0.3, 0.4) is 0 Å². The largest absolute Gasteiger partial charge is 0.487 e. The number of nitrogens with zero attached hydrogens (tertiary/aromatic N) is 6. The number of nitrogens with one attached hydrogen (secondary N) is 1. The maximum atomic E-state index is 9.36. The highest BCUT2D eigenvalue weighted by atomic mass is 35.5. The zero-order valence-corrected chi connectivity index (χ0v) is 26.8. The standard InChI is InChI=1S/C35H44ClN7O/c1-35(2,29-18-27(21-37)19-30(36)20-29)28-5-7-33(8-6-28)44-25-31-9-12-39-34(40-31)42-16-14-41(15-17-42)23-26-10-13-43(24-26)32-4-3-11-38-22-32/h5-9,12,18-20,26,32,38H,3-4,10-11,13-17,22-25H2,1-2H3. The normalized spacial score (nSPS) is 21.7. The van der Waals surface area contributed by atoms with Gasteiger partial charge in [-0.05, 0) is 85.8 Å². The molecule has 3 saturated heterocycles. The second-order valence-corrected chi connectivity index (χ2v) is 13.5. The summed E-state index contributed by atoms with van der Waals surface area (Å²) < 4.78 is 6.12. The van der Waals surface area contributed by atoms with Crippen molar-refractivity contribution in [2.45, 2.75) is 51.2 Å². The Morgan fingerprint density at radius 2 is 1.84 bits per heavy atom. The van der Waals surface area contributed by atoms with Crippen LogP contribution in [0.1, 0.15) is 55.5 Å². The van der Waals surface area contributed by atoms with Crippen LogP contribution >= 0.6 is 11.6 Å². The molecule has 0 saturated carbocycles. The zero-order valence-electron chi connectivity index (χ0n) is 26.0. The summed E-state index contributed by atoms with van der Waals surface area (Å²) in [5, 5.41) is 13.5. The van der Waals surface area contributed by atoms with Gasteiger partial charge in [-0.25, -0.2) is 9.97 Å². The molecule has 3 aliphatic heterocycles. The van der Waals surface area contributed by atoms with Crippen molar-refractivity contribution in [2.75, 3.05) is 63.8 Å². The lowest BCUT2D eigenvalue weighted by molar-refractivity contribution is 0.179. The number of piperazine rings is 1. The number of hydrogen-bond acceptors (Lipinski definition) is 8. The van der Waals surface area contributed by atoms with Gasteiger partial charge in [0, 0.05) is 68.5 Å². The summed E-state index contributed by atoms with van der Waals surface area (Å²) in [6.45, 7) is 14.7. The number of rotatable bonds is 9. The summed E-state index contributed by atoms with van der Waals surface area (Å²) >= 11 is 6.28. The van der Waals surface area contributed by atoms with Crippen LogP contribution in [0.25, 0.3) is 0 Å². The third-order valence-corrected chi connectivity index (χ3v) is 9.91. The Kier molecular flexibility index (Phi) is 9.68. The number of nitriles is 1. The first-order valence-electron chi connectivity index (χ1n) is 16.1. The lowest BCUT2D eigenvalue weighted by atomic mass is 9.78. The Hall–Kier alpha value is -3.22. The van der Waals surface area contributed by atoms with Crippen LogP contribution in [0.4, 0.5) is 5.95 Å². The molecule has 1 aromatic heterocycles. The second kappa shape index (κ2) is 13.8. The van der Waals surface area contributed by atoms with Gasteiger partial charge < -0.3 is 15.0 Å². The van der Waals surface area contributed by atoms with E-state index in [1.54, 1.807) is 6.07 Å². The molecule has 4 heterocycles. The molecule has 3 aromatic rings. The molecule has 232 valence electrons. The van der Waals surface area contributed by atoms with E-state index in [0.29, 0.717) is 17.2 Å². The number of likely N-dealkylation sites (tertiary alicyclic amines) is 1. The van der Waals surface area contributed by atoms with Gasteiger partial charge in [-0.15, -0.1) is 0 Å². The molecule has 0 bridgehead atoms. The molecular formula is C35H44ClN7O. The summed E-state index contributed by atoms with van der Waals surface area (Å²) in [5.74, 6) is 2.36. The van der Waals surface area contributed by atoms with Crippen LogP contribution in [-0.2, 0) is 12.0 Å². The average Bonchev–Trinajstić information content (AvgIpc) is 3.53. The number of hydrogen-bond donors (Lipinski definition) is 1. The third kappa shape index (κ3) is 7.35. The molecule has 6 rings (SSSR count). The fourth-order valence-corrected chi connectivity index (χ4v) is 7.14. The Morgan fingerprint density at radius 1 is 1.02 bits per heavy atom. The number of piperidine rings is 1. The van der Waals surface area contributed by atoms with Gasteiger partial charge in [0.25, 0.3) is 0 Å². The second-order valence-electron chi connectivity index (χ2n) is 13.1. The van der Waals surface area contributed by atoms with Crippen molar-refractivity contribution >= 4 is 17.5 Å². The van der Waals surface area contributed by atoms with Crippen molar-refractivity contribution in [3.8, 4) is 11.8 Å². The molecule has 8 nitrogen and oxygen atoms in total. The van der Waals surface area contributed by atoms with Gasteiger partial charge in [0.05, 0.1) is 17.3 Å². The van der Waals surface area contributed by atoms with E-state index < -0.39 is 0 Å². The minimum atomic E-state index is -0.315. The smallest absolute Gasteiger partial charge is 0.225 e. The number of halogens is 1. The van der Waals surface area contributed by atoms with Gasteiger partial charge in [-0.2, -0.15) is 5.26 Å². The molecule has 1 N–H and O–H groups in total. The Bertz CT molecular complexity index is 1440. The fourth-order valence-electron chi connectivity index (χ4n) is 6.91. The van der Waals surface area contributed by atoms with Crippen LogP contribution in [-0.4, -0.2) is 84.7 Å². The van der Waals surface area contributed by atoms with E-state index in [-0.39, 0.29) is 5.41 Å². The maximum absolute atomic E-state index is 9.36. The van der Waals surface area contributed by atoms with E-state index in [1.807, 2.05) is 36.5 Å². The first-order valence-corrected chi connectivity index (χ1v) is 16.4. The van der Waals surface area contributed by atoms with E-state index in [0.717, 1.165) is 73.2 Å². The monoisotopic (exact) mass is 613 g/mol. The van der Waals surface area contributed by atoms with E-state index in [9.17, 15) is 5.26 Å². The Labute approximate surface area is 267 Å². The van der Waals surface area contributed by atoms with Gasteiger partial charge in [0.15, 0.2) is 0 Å². The molecule has 0 radical (unpaired) electrons. The topological polar surface area (TPSA) is 80.6 Å². The van der Waals surface area contributed by atoms with E-state index in [4.69, 9.17) is 21.3 Å². The van der Waals surface area contributed by atoms with Crippen molar-refractivity contribution in [2.24, 2.45) is 5.92 Å². The third-order valence-electron chi connectivity index (χ3n) is 9.69. The SMILES string of the molecule is CC(C)(c1ccc(OCc2ccnc(N3CCN(CC4CCN(C5CCCNC5)C4)CC3)n2)cc1)c1cc(Cl)cc(C#N)c1. The number of ether oxygens (including phenoxy) is 1. The Morgan fingerprint density at radius 3 is 2.59 bits per heavy atom. The van der Waals surface area contributed by atoms with Gasteiger partial charge in [0.2, 0.25) is 5.95 Å². The highest BCUT2D eigenvalue weighted by Crippen LogP contribution is 2.34. The van der Waals surface area contributed by atoms with Crippen molar-refractivity contribution in [1.82, 2.24) is 25.1 Å². The van der Waals surface area contributed by atoms with Crippen molar-refractivity contribution in [3.63, 3.8) is 0 Å². The number of aromatic nitrogens is 2. The van der Waals surface area contributed by atoms with Gasteiger partial charge in [0.1, 0.15) is 12.4 Å². The first-order chi connectivity index (χ1) is 21.4. The number of anilines is 1. The van der Waals surface area contributed by atoms with Crippen molar-refractivity contribution in [3.05, 3.63) is 82.1 Å². The summed E-state index contributed by atoms with van der Waals surface area (Å²) in [7, 11) is 0. The molecule has 2 aromatic carbocycles. The molecule has 3 fully saturated rings. The molecule has 0 amide bonds. The van der Waals surface area contributed by atoms with E-state index >= 15 is 0 Å². The highest BCUT2D eigenvalue weighted by molar-refractivity contribution is 6.30. The highest BCUT2D eigenvalue weighted by Gasteiger charge is 2.31. The van der Waals surface area contributed by atoms with Gasteiger partial charge >= 0.3 is 0 Å². The molecule has 0 aliphatic carbocycles. The van der Waals surface area contributed by atoms with Gasteiger partial charge in [-0.1, -0.05) is 37.6 Å². The minimum Gasteiger partial charge on any atom is -0.487 e. The molecule has 44 heavy (non-hydrogen) atoms. The summed E-state index contributed by atoms with van der Waals surface area (Å²) in [6, 6.07) is 18.5. The fraction of sp³-hybridized carbons (Fsp3) is 0.514. The summed E-state index contributed by atoms with van der Waals surface area (Å²) in [6.07, 6.45) is 5.83. The van der Waals surface area contributed by atoms with Crippen LogP contribution in [0.5, 0.6) is 5.75 Å². The molecular weight excluding hydrogens is 570 g/mol. The van der Waals surface area contributed by atoms with Crippen LogP contribution in [0, 0.1) is 17.2 Å². The van der Waals surface area contributed by atoms with Crippen LogP contribution < -0.4 is 15.0 Å². The first kappa shape index (κ1) is 30.8. The molecule has 0 spiro atoms. The van der Waals surface area contributed by atoms with E-state index in [2.05, 4.69) is 57.0 Å². The average molecular weight is 614 g/mol. The van der Waals surface area contributed by atoms with E-state index in [1.165, 1.54) is 45.4 Å². The van der Waals surface area contributed by atoms with Crippen molar-refractivity contribution < 1.29 is 4.74 Å². The van der Waals surface area contributed by atoms with Crippen LogP contribution in [0.15, 0.2) is 54.7 Å². The zero-order chi connectivity index (χ0) is 30.5. The number of benzene rings is 2. The lowest BCUT2D eigenvalue weighted by Crippen LogP contribution is -2.49.